The zero-order valence-corrected chi connectivity index (χ0v) is 13.9. The molecule has 21 heavy (non-hydrogen) atoms. The molecule has 0 spiro atoms. The number of anilines is 2. The third-order valence-corrected chi connectivity index (χ3v) is 5.36. The van der Waals surface area contributed by atoms with E-state index in [4.69, 9.17) is 5.73 Å². The van der Waals surface area contributed by atoms with Crippen molar-refractivity contribution in [3.8, 4) is 0 Å². The molecule has 2 rings (SSSR count). The summed E-state index contributed by atoms with van der Waals surface area (Å²) in [6.07, 6.45) is 2.13. The monoisotopic (exact) mass is 325 g/mol. The number of benzene rings is 1. The number of nitrogens with one attached hydrogen (secondary N) is 1. The fourth-order valence-corrected chi connectivity index (χ4v) is 4.21. The molecule has 0 bridgehead atoms. The van der Waals surface area contributed by atoms with E-state index < -0.39 is 9.84 Å². The van der Waals surface area contributed by atoms with Gasteiger partial charge in [-0.25, -0.2) is 8.42 Å². The van der Waals surface area contributed by atoms with Crippen LogP contribution in [-0.2, 0) is 16.3 Å². The molecule has 1 heterocycles. The summed E-state index contributed by atoms with van der Waals surface area (Å²) in [6.45, 7) is 4.08. The summed E-state index contributed by atoms with van der Waals surface area (Å²) < 4.78 is 27.5. The Morgan fingerprint density at radius 1 is 1.33 bits per heavy atom. The molecule has 0 saturated carbocycles. The summed E-state index contributed by atoms with van der Waals surface area (Å²) in [5, 5.41) is 3.68. The Labute approximate surface area is 129 Å². The van der Waals surface area contributed by atoms with E-state index in [-0.39, 0.29) is 16.8 Å². The summed E-state index contributed by atoms with van der Waals surface area (Å²) in [6, 6.07) is 8.20. The molecule has 0 saturated heterocycles. The van der Waals surface area contributed by atoms with Gasteiger partial charge < -0.3 is 11.1 Å². The molecule has 2 aromatic rings. The smallest absolute Gasteiger partial charge is 0.182 e. The quantitative estimate of drug-likeness (QED) is 0.883. The van der Waals surface area contributed by atoms with Crippen LogP contribution in [0, 0.1) is 0 Å². The van der Waals surface area contributed by atoms with Gasteiger partial charge in [0.25, 0.3) is 0 Å². The zero-order valence-electron chi connectivity index (χ0n) is 12.3. The molecule has 0 amide bonds. The van der Waals surface area contributed by atoms with Crippen LogP contribution in [0.4, 0.5) is 10.8 Å². The van der Waals surface area contributed by atoms with E-state index >= 15 is 0 Å². The van der Waals surface area contributed by atoms with Crippen LogP contribution in [-0.4, -0.2) is 19.0 Å². The Bertz CT molecular complexity index is 721. The highest BCUT2D eigenvalue weighted by Gasteiger charge is 2.22. The molecule has 1 aromatic heterocycles. The maximum Gasteiger partial charge on any atom is 0.182 e. The zero-order chi connectivity index (χ0) is 15.6. The van der Waals surface area contributed by atoms with E-state index in [1.54, 1.807) is 0 Å². The van der Waals surface area contributed by atoms with Crippen LogP contribution >= 0.6 is 11.5 Å². The number of aryl methyl sites for hydroxylation is 1. The Balaban J connectivity index is 2.25. The topological polar surface area (TPSA) is 85.1 Å². The number of aromatic nitrogens is 1. The maximum atomic E-state index is 11.8. The van der Waals surface area contributed by atoms with Gasteiger partial charge in [-0.1, -0.05) is 31.2 Å². The molecular weight excluding hydrogens is 306 g/mol. The number of hydrogen-bond acceptors (Lipinski definition) is 6. The van der Waals surface area contributed by atoms with Crippen LogP contribution in [0.5, 0.6) is 0 Å². The Hall–Kier alpha value is -1.60. The molecule has 1 atom stereocenters. The summed E-state index contributed by atoms with van der Waals surface area (Å²) in [4.78, 5) is 0.0875. The van der Waals surface area contributed by atoms with Crippen molar-refractivity contribution in [1.29, 1.82) is 0 Å². The van der Waals surface area contributed by atoms with E-state index in [0.29, 0.717) is 5.00 Å². The highest BCUT2D eigenvalue weighted by molar-refractivity contribution is 7.91. The van der Waals surface area contributed by atoms with Crippen molar-refractivity contribution < 1.29 is 8.42 Å². The van der Waals surface area contributed by atoms with E-state index in [1.165, 1.54) is 5.56 Å². The molecule has 0 fully saturated rings. The largest absolute Gasteiger partial charge is 0.382 e. The van der Waals surface area contributed by atoms with Crippen LogP contribution in [0.15, 0.2) is 29.2 Å². The summed E-state index contributed by atoms with van der Waals surface area (Å²) in [5.74, 6) is 0.0542. The molecule has 3 N–H and O–H groups in total. The lowest BCUT2D eigenvalue weighted by Crippen LogP contribution is -2.09. The van der Waals surface area contributed by atoms with E-state index in [9.17, 15) is 8.42 Å². The van der Waals surface area contributed by atoms with Crippen LogP contribution in [0.1, 0.15) is 31.0 Å². The minimum Gasteiger partial charge on any atom is -0.382 e. The summed E-state index contributed by atoms with van der Waals surface area (Å²) >= 11 is 1.07. The molecular formula is C14H19N3O2S2. The van der Waals surface area contributed by atoms with Gasteiger partial charge in [-0.15, -0.1) is 0 Å². The van der Waals surface area contributed by atoms with Gasteiger partial charge in [0.1, 0.15) is 9.90 Å². The van der Waals surface area contributed by atoms with E-state index in [2.05, 4.69) is 28.7 Å². The van der Waals surface area contributed by atoms with Crippen LogP contribution in [0.2, 0.25) is 0 Å². The fraction of sp³-hybridized carbons (Fsp3) is 0.357. The first-order chi connectivity index (χ1) is 9.82. The standard InChI is InChI=1S/C14H19N3O2S2/c1-4-10-5-7-11(8-6-10)9(2)16-14-12(21(3,18)19)13(15)17-20-14/h5-9,16H,4H2,1-3H3,(H2,15,17). The van der Waals surface area contributed by atoms with Crippen LogP contribution in [0.25, 0.3) is 0 Å². The van der Waals surface area contributed by atoms with Crippen molar-refractivity contribution in [3.63, 3.8) is 0 Å². The number of hydrogen-bond donors (Lipinski definition) is 2. The highest BCUT2D eigenvalue weighted by Crippen LogP contribution is 2.33. The van der Waals surface area contributed by atoms with Gasteiger partial charge in [0.15, 0.2) is 15.7 Å². The highest BCUT2D eigenvalue weighted by atomic mass is 32.2. The third-order valence-electron chi connectivity index (χ3n) is 3.28. The first-order valence-electron chi connectivity index (χ1n) is 6.63. The second-order valence-corrected chi connectivity index (χ2v) is 7.69. The number of sulfone groups is 1. The second-order valence-electron chi connectivity index (χ2n) is 4.96. The van der Waals surface area contributed by atoms with E-state index in [0.717, 1.165) is 29.8 Å². The average Bonchev–Trinajstić information content (AvgIpc) is 2.79. The normalized spacial score (nSPS) is 13.1. The van der Waals surface area contributed by atoms with Crippen molar-refractivity contribution in [1.82, 2.24) is 4.37 Å². The number of nitrogens with zero attached hydrogens (tertiary/aromatic N) is 1. The lowest BCUT2D eigenvalue weighted by Gasteiger charge is -2.15. The molecule has 5 nitrogen and oxygen atoms in total. The minimum absolute atomic E-state index is 0.0312. The van der Waals surface area contributed by atoms with Crippen molar-refractivity contribution in [3.05, 3.63) is 35.4 Å². The van der Waals surface area contributed by atoms with Gasteiger partial charge in [-0.05, 0) is 36.0 Å². The van der Waals surface area contributed by atoms with Crippen molar-refractivity contribution in [2.24, 2.45) is 0 Å². The third kappa shape index (κ3) is 3.54. The van der Waals surface area contributed by atoms with Crippen LogP contribution < -0.4 is 11.1 Å². The molecule has 0 aliphatic rings. The van der Waals surface area contributed by atoms with Crippen molar-refractivity contribution in [2.45, 2.75) is 31.2 Å². The molecule has 0 radical (unpaired) electrons. The Morgan fingerprint density at radius 2 is 1.95 bits per heavy atom. The van der Waals surface area contributed by atoms with Gasteiger partial charge in [0.2, 0.25) is 0 Å². The van der Waals surface area contributed by atoms with Crippen molar-refractivity contribution >= 4 is 32.2 Å². The summed E-state index contributed by atoms with van der Waals surface area (Å²) in [5.41, 5.74) is 8.01. The lowest BCUT2D eigenvalue weighted by molar-refractivity contribution is 0.602. The van der Waals surface area contributed by atoms with Gasteiger partial charge in [0, 0.05) is 12.3 Å². The molecule has 114 valence electrons. The fourth-order valence-electron chi connectivity index (χ4n) is 2.07. The van der Waals surface area contributed by atoms with Gasteiger partial charge in [-0.3, -0.25) is 0 Å². The maximum absolute atomic E-state index is 11.8. The molecule has 1 aromatic carbocycles. The molecule has 0 aliphatic heterocycles. The number of rotatable bonds is 5. The number of nitrogens with two attached hydrogens (primary N) is 1. The SMILES string of the molecule is CCc1ccc(C(C)Nc2snc(N)c2S(C)(=O)=O)cc1. The molecule has 0 aliphatic carbocycles. The molecule has 1 unspecified atom stereocenters. The minimum atomic E-state index is -3.40. The van der Waals surface area contributed by atoms with Crippen LogP contribution in [0.3, 0.4) is 0 Å². The number of nitrogen functional groups attached to an aromatic ring is 1. The average molecular weight is 325 g/mol. The van der Waals surface area contributed by atoms with Gasteiger partial charge in [-0.2, -0.15) is 4.37 Å². The predicted octanol–water partition coefficient (Wildman–Crippen LogP) is 2.86. The molecule has 7 heteroatoms. The van der Waals surface area contributed by atoms with Gasteiger partial charge >= 0.3 is 0 Å². The van der Waals surface area contributed by atoms with Gasteiger partial charge in [0.05, 0.1) is 0 Å². The first kappa shape index (κ1) is 15.8. The second kappa shape index (κ2) is 6.03. The predicted molar refractivity (Wildman–Crippen MR) is 87.5 cm³/mol. The van der Waals surface area contributed by atoms with Crippen molar-refractivity contribution in [2.75, 3.05) is 17.3 Å². The van der Waals surface area contributed by atoms with E-state index in [1.807, 2.05) is 19.1 Å². The first-order valence-corrected chi connectivity index (χ1v) is 9.30. The lowest BCUT2D eigenvalue weighted by atomic mass is 10.1. The Kier molecular flexibility index (Phi) is 4.53. The summed E-state index contributed by atoms with van der Waals surface area (Å²) in [7, 11) is -3.40. The Morgan fingerprint density at radius 3 is 2.48 bits per heavy atom.